The van der Waals surface area contributed by atoms with Gasteiger partial charge in [0.25, 0.3) is 5.24 Å². The SMILES string of the molecule is C=S1C(=O)NC(=O)C1c1ccc2c(ccn2CCc2ccccc2)c1. The zero-order valence-electron chi connectivity index (χ0n) is 13.6. The van der Waals surface area contributed by atoms with Crippen LogP contribution in [0.1, 0.15) is 16.4 Å². The Labute approximate surface area is 148 Å². The topological polar surface area (TPSA) is 51.1 Å². The molecule has 0 bridgehead atoms. The minimum atomic E-state index is -0.857. The summed E-state index contributed by atoms with van der Waals surface area (Å²) in [5.74, 6) is 3.62. The van der Waals surface area contributed by atoms with Gasteiger partial charge in [-0.05, 0) is 41.1 Å². The average molecular weight is 350 g/mol. The molecule has 5 heteroatoms. The molecule has 1 N–H and O–H groups in total. The highest BCUT2D eigenvalue weighted by atomic mass is 32.2. The molecule has 1 aromatic heterocycles. The summed E-state index contributed by atoms with van der Waals surface area (Å²) < 4.78 is 2.22. The van der Waals surface area contributed by atoms with Crippen LogP contribution < -0.4 is 5.32 Å². The summed E-state index contributed by atoms with van der Waals surface area (Å²) in [6.07, 6.45) is 3.04. The predicted molar refractivity (Wildman–Crippen MR) is 103 cm³/mol. The molecular formula is C20H18N2O2S. The molecule has 0 spiro atoms. The highest BCUT2D eigenvalue weighted by Gasteiger charge is 2.35. The van der Waals surface area contributed by atoms with Crippen molar-refractivity contribution in [2.24, 2.45) is 0 Å². The van der Waals surface area contributed by atoms with Crippen molar-refractivity contribution in [2.45, 2.75) is 18.2 Å². The lowest BCUT2D eigenvalue weighted by molar-refractivity contribution is -0.119. The first kappa shape index (κ1) is 15.8. The molecule has 1 fully saturated rings. The van der Waals surface area contributed by atoms with E-state index in [1.54, 1.807) is 0 Å². The molecule has 25 heavy (non-hydrogen) atoms. The molecule has 0 radical (unpaired) electrons. The zero-order valence-corrected chi connectivity index (χ0v) is 14.5. The number of fused-ring (bicyclic) bond motifs is 1. The number of imide groups is 1. The van der Waals surface area contributed by atoms with E-state index < -0.39 is 15.7 Å². The lowest BCUT2D eigenvalue weighted by Gasteiger charge is -2.10. The molecule has 1 saturated heterocycles. The molecule has 1 aliphatic heterocycles. The van der Waals surface area contributed by atoms with E-state index in [1.807, 2.05) is 24.3 Å². The van der Waals surface area contributed by atoms with E-state index in [-0.39, 0.29) is 11.1 Å². The van der Waals surface area contributed by atoms with Gasteiger partial charge in [0.15, 0.2) is 0 Å². The van der Waals surface area contributed by atoms with Crippen LogP contribution in [0.5, 0.6) is 0 Å². The normalized spacial score (nSPS) is 20.2. The van der Waals surface area contributed by atoms with Gasteiger partial charge in [-0.2, -0.15) is 0 Å². The van der Waals surface area contributed by atoms with E-state index in [4.69, 9.17) is 0 Å². The number of benzene rings is 2. The molecule has 4 rings (SSSR count). The van der Waals surface area contributed by atoms with Crippen LogP contribution in [-0.2, 0) is 17.8 Å². The summed E-state index contributed by atoms with van der Waals surface area (Å²) in [7, 11) is -0.857. The number of hydrogen-bond acceptors (Lipinski definition) is 2. The number of nitrogens with zero attached hydrogens (tertiary/aromatic N) is 1. The van der Waals surface area contributed by atoms with Crippen LogP contribution >= 0.6 is 10.5 Å². The Balaban J connectivity index is 1.60. The van der Waals surface area contributed by atoms with Gasteiger partial charge in [0.2, 0.25) is 5.91 Å². The minimum absolute atomic E-state index is 0.244. The third-order valence-corrected chi connectivity index (χ3v) is 6.20. The second-order valence-electron chi connectivity index (χ2n) is 6.15. The summed E-state index contributed by atoms with van der Waals surface area (Å²) in [6.45, 7) is 0.898. The van der Waals surface area contributed by atoms with E-state index in [2.05, 4.69) is 52.3 Å². The Morgan fingerprint density at radius 1 is 1.08 bits per heavy atom. The van der Waals surface area contributed by atoms with Crippen molar-refractivity contribution in [3.63, 3.8) is 0 Å². The van der Waals surface area contributed by atoms with Crippen molar-refractivity contribution >= 4 is 38.4 Å². The first-order chi connectivity index (χ1) is 12.1. The second-order valence-corrected chi connectivity index (χ2v) is 7.85. The summed E-state index contributed by atoms with van der Waals surface area (Å²) in [6, 6.07) is 18.4. The lowest BCUT2D eigenvalue weighted by atomic mass is 10.1. The van der Waals surface area contributed by atoms with Crippen LogP contribution in [0.4, 0.5) is 4.79 Å². The van der Waals surface area contributed by atoms with Crippen molar-refractivity contribution in [1.29, 1.82) is 0 Å². The van der Waals surface area contributed by atoms with Gasteiger partial charge < -0.3 is 4.57 Å². The zero-order chi connectivity index (χ0) is 17.4. The summed E-state index contributed by atoms with van der Waals surface area (Å²) in [5.41, 5.74) is 3.30. The Morgan fingerprint density at radius 3 is 2.60 bits per heavy atom. The molecule has 126 valence electrons. The molecular weight excluding hydrogens is 332 g/mol. The maximum absolute atomic E-state index is 12.0. The minimum Gasteiger partial charge on any atom is -0.347 e. The number of amides is 2. The van der Waals surface area contributed by atoms with Crippen LogP contribution in [-0.4, -0.2) is 21.6 Å². The van der Waals surface area contributed by atoms with Crippen LogP contribution in [0.3, 0.4) is 0 Å². The Kier molecular flexibility index (Phi) is 4.01. The monoisotopic (exact) mass is 350 g/mol. The largest absolute Gasteiger partial charge is 0.347 e. The highest BCUT2D eigenvalue weighted by molar-refractivity contribution is 8.28. The number of aryl methyl sites for hydroxylation is 2. The second kappa shape index (κ2) is 6.33. The lowest BCUT2D eigenvalue weighted by Crippen LogP contribution is -2.20. The fourth-order valence-electron chi connectivity index (χ4n) is 3.25. The molecule has 0 saturated carbocycles. The third-order valence-electron chi connectivity index (χ3n) is 4.57. The first-order valence-electron chi connectivity index (χ1n) is 8.14. The highest BCUT2D eigenvalue weighted by Crippen LogP contribution is 2.40. The smallest absolute Gasteiger partial charge is 0.280 e. The van der Waals surface area contributed by atoms with Gasteiger partial charge in [-0.1, -0.05) is 52.8 Å². The standard InChI is InChI=1S/C20H18N2O2S/c1-25-18(19(23)21-20(25)24)16-7-8-17-15(13-16)10-12-22(17)11-9-14-5-3-2-4-6-14/h2-8,10,12-13,18H,1,9,11H2,(H,21,23,24). The van der Waals surface area contributed by atoms with Gasteiger partial charge in [0.1, 0.15) is 5.25 Å². The summed E-state index contributed by atoms with van der Waals surface area (Å²) in [4.78, 5) is 23.7. The van der Waals surface area contributed by atoms with Gasteiger partial charge >= 0.3 is 0 Å². The Bertz CT molecular complexity index is 991. The van der Waals surface area contributed by atoms with Crippen molar-refractivity contribution in [3.05, 3.63) is 71.9 Å². The van der Waals surface area contributed by atoms with E-state index >= 15 is 0 Å². The average Bonchev–Trinajstić information content (AvgIpc) is 3.14. The molecule has 2 atom stereocenters. The van der Waals surface area contributed by atoms with Gasteiger partial charge in [0, 0.05) is 18.3 Å². The molecule has 2 aromatic carbocycles. The maximum Gasteiger partial charge on any atom is 0.280 e. The van der Waals surface area contributed by atoms with Crippen LogP contribution in [0, 0.1) is 0 Å². The van der Waals surface area contributed by atoms with Crippen molar-refractivity contribution in [3.8, 4) is 0 Å². The van der Waals surface area contributed by atoms with Crippen molar-refractivity contribution < 1.29 is 9.59 Å². The van der Waals surface area contributed by atoms with Gasteiger partial charge in [-0.15, -0.1) is 0 Å². The number of carbonyl (C=O) groups is 2. The molecule has 2 heterocycles. The maximum atomic E-state index is 12.0. The number of carbonyl (C=O) groups excluding carboxylic acids is 2. The van der Waals surface area contributed by atoms with Gasteiger partial charge in [0.05, 0.1) is 0 Å². The van der Waals surface area contributed by atoms with E-state index in [9.17, 15) is 9.59 Å². The fraction of sp³-hybridized carbons (Fsp3) is 0.150. The van der Waals surface area contributed by atoms with Gasteiger partial charge in [-0.25, -0.2) is 0 Å². The fourth-order valence-corrected chi connectivity index (χ4v) is 4.49. The van der Waals surface area contributed by atoms with E-state index in [0.29, 0.717) is 0 Å². The van der Waals surface area contributed by atoms with Crippen molar-refractivity contribution in [1.82, 2.24) is 9.88 Å². The number of nitrogens with one attached hydrogen (secondary N) is 1. The van der Waals surface area contributed by atoms with Gasteiger partial charge in [-0.3, -0.25) is 14.9 Å². The van der Waals surface area contributed by atoms with Crippen LogP contribution in [0.15, 0.2) is 60.8 Å². The molecule has 1 aliphatic rings. The molecule has 2 amide bonds. The summed E-state index contributed by atoms with van der Waals surface area (Å²) in [5, 5.41) is 2.72. The third kappa shape index (κ3) is 2.91. The number of aromatic nitrogens is 1. The van der Waals surface area contributed by atoms with Crippen LogP contribution in [0.25, 0.3) is 10.9 Å². The van der Waals surface area contributed by atoms with Crippen molar-refractivity contribution in [2.75, 3.05) is 0 Å². The van der Waals surface area contributed by atoms with E-state index in [1.165, 1.54) is 5.56 Å². The number of hydrogen-bond donors (Lipinski definition) is 1. The summed E-state index contributed by atoms with van der Waals surface area (Å²) >= 11 is 0. The molecule has 3 aromatic rings. The quantitative estimate of drug-likeness (QED) is 0.726. The van der Waals surface area contributed by atoms with E-state index in [0.717, 1.165) is 29.4 Å². The Hall–Kier alpha value is -2.66. The first-order valence-corrected chi connectivity index (χ1v) is 9.59. The predicted octanol–water partition coefficient (Wildman–Crippen LogP) is 3.88. The molecule has 2 unspecified atom stereocenters. The molecule has 0 aliphatic carbocycles. The Morgan fingerprint density at radius 2 is 1.88 bits per heavy atom. The number of rotatable bonds is 4. The molecule has 4 nitrogen and oxygen atoms in total. The van der Waals surface area contributed by atoms with Crippen LogP contribution in [0.2, 0.25) is 0 Å².